The number of fused-ring (bicyclic) bond motifs is 1. The molecule has 0 N–H and O–H groups in total. The van der Waals surface area contributed by atoms with Crippen LogP contribution in [0.15, 0.2) is 30.7 Å². The van der Waals surface area contributed by atoms with Crippen LogP contribution >= 0.6 is 0 Å². The minimum Gasteiger partial charge on any atom is -0.352 e. The van der Waals surface area contributed by atoms with Crippen LogP contribution in [0.5, 0.6) is 0 Å². The van der Waals surface area contributed by atoms with E-state index in [2.05, 4.69) is 41.9 Å². The van der Waals surface area contributed by atoms with Crippen molar-refractivity contribution in [3.8, 4) is 11.3 Å². The second-order valence-corrected chi connectivity index (χ2v) is 3.61. The van der Waals surface area contributed by atoms with Gasteiger partial charge in [-0.25, -0.2) is 0 Å². The first-order valence-electron chi connectivity index (χ1n) is 4.45. The molecule has 0 fully saturated rings. The van der Waals surface area contributed by atoms with Gasteiger partial charge in [0.25, 0.3) is 0 Å². The van der Waals surface area contributed by atoms with Crippen LogP contribution in [0.4, 0.5) is 0 Å². The van der Waals surface area contributed by atoms with Crippen molar-refractivity contribution in [2.24, 2.45) is 0 Å². The van der Waals surface area contributed by atoms with Gasteiger partial charge in [-0.1, -0.05) is 13.8 Å². The molecule has 0 aromatic rings. The number of nitrogens with zero attached hydrogens (tertiary/aromatic N) is 2. The Balaban J connectivity index is 2.33. The third-order valence-electron chi connectivity index (χ3n) is 2.00. The predicted molar refractivity (Wildman–Crippen MR) is 53.4 cm³/mol. The van der Waals surface area contributed by atoms with Crippen molar-refractivity contribution in [1.82, 2.24) is 9.55 Å². The van der Waals surface area contributed by atoms with Gasteiger partial charge in [0.1, 0.15) is 0 Å². The van der Waals surface area contributed by atoms with E-state index < -0.39 is 0 Å². The molecule has 0 saturated heterocycles. The van der Waals surface area contributed by atoms with E-state index in [1.54, 1.807) is 0 Å². The molecule has 0 aromatic heterocycles. The molecule has 13 heavy (non-hydrogen) atoms. The van der Waals surface area contributed by atoms with Gasteiger partial charge in [0, 0.05) is 30.7 Å². The van der Waals surface area contributed by atoms with Gasteiger partial charge in [-0.2, -0.15) is 0 Å². The maximum atomic E-state index is 4.26. The molecule has 0 amide bonds. The van der Waals surface area contributed by atoms with Crippen LogP contribution in [0.2, 0.25) is 0 Å². The summed E-state index contributed by atoms with van der Waals surface area (Å²) in [6, 6.07) is 4.13. The van der Waals surface area contributed by atoms with Crippen molar-refractivity contribution >= 4 is 0 Å². The van der Waals surface area contributed by atoms with Crippen LogP contribution in [-0.4, -0.2) is 9.55 Å². The maximum Gasteiger partial charge on any atom is 0.0864 e. The molecule has 2 heteroatoms. The highest BCUT2D eigenvalue weighted by Gasteiger charge is 2.03. The molecular formula is C11H13N2. The van der Waals surface area contributed by atoms with Gasteiger partial charge >= 0.3 is 0 Å². The topological polar surface area (TPSA) is 17.8 Å². The lowest BCUT2D eigenvalue weighted by Gasteiger charge is -2.10. The molecule has 0 aliphatic carbocycles. The normalized spacial score (nSPS) is 11.3. The summed E-state index contributed by atoms with van der Waals surface area (Å²) in [7, 11) is 0. The van der Waals surface area contributed by atoms with Gasteiger partial charge in [0.05, 0.1) is 5.69 Å². The number of hydrogen-bond acceptors (Lipinski definition) is 1. The van der Waals surface area contributed by atoms with Crippen molar-refractivity contribution in [2.45, 2.75) is 20.4 Å². The minimum atomic E-state index is 0.975. The van der Waals surface area contributed by atoms with Gasteiger partial charge in [-0.05, 0) is 18.1 Å². The average molecular weight is 173 g/mol. The monoisotopic (exact) mass is 173 g/mol. The van der Waals surface area contributed by atoms with E-state index in [0.29, 0.717) is 0 Å². The summed E-state index contributed by atoms with van der Waals surface area (Å²) in [5, 5.41) is 0. The number of aromatic nitrogens is 2. The zero-order chi connectivity index (χ0) is 9.26. The molecule has 0 atom stereocenters. The predicted octanol–water partition coefficient (Wildman–Crippen LogP) is 2.60. The van der Waals surface area contributed by atoms with Crippen molar-refractivity contribution < 1.29 is 0 Å². The molecular weight excluding hydrogens is 160 g/mol. The SMILES string of the molecule is C[C](C)Cn1ccc2ccnc-2c1. The van der Waals surface area contributed by atoms with Crippen LogP contribution in [0.3, 0.4) is 0 Å². The molecule has 2 aliphatic heterocycles. The van der Waals surface area contributed by atoms with Crippen LogP contribution in [-0.2, 0) is 6.54 Å². The van der Waals surface area contributed by atoms with Gasteiger partial charge in [0.2, 0.25) is 0 Å². The fraction of sp³-hybridized carbons (Fsp3) is 0.273. The molecule has 0 aromatic carbocycles. The summed E-state index contributed by atoms with van der Waals surface area (Å²) in [6.07, 6.45) is 6.02. The zero-order valence-electron chi connectivity index (χ0n) is 7.99. The van der Waals surface area contributed by atoms with Crippen LogP contribution < -0.4 is 0 Å². The quantitative estimate of drug-likeness (QED) is 0.682. The van der Waals surface area contributed by atoms with Crippen molar-refractivity contribution in [3.05, 3.63) is 36.6 Å². The lowest BCUT2D eigenvalue weighted by molar-refractivity contribution is 0.706. The molecule has 2 rings (SSSR count). The Hall–Kier alpha value is -1.31. The molecule has 2 nitrogen and oxygen atoms in total. The summed E-state index contributed by atoms with van der Waals surface area (Å²) in [5.41, 5.74) is 2.29. The van der Waals surface area contributed by atoms with Crippen molar-refractivity contribution in [1.29, 1.82) is 0 Å². The maximum absolute atomic E-state index is 4.26. The Bertz CT molecular complexity index is 362. The first kappa shape index (κ1) is 8.30. The van der Waals surface area contributed by atoms with Crippen molar-refractivity contribution in [3.63, 3.8) is 0 Å². The van der Waals surface area contributed by atoms with E-state index in [4.69, 9.17) is 0 Å². The lowest BCUT2D eigenvalue weighted by Crippen LogP contribution is -2.03. The second kappa shape index (κ2) is 3.21. The van der Waals surface area contributed by atoms with Crippen LogP contribution in [0.1, 0.15) is 13.8 Å². The summed E-state index contributed by atoms with van der Waals surface area (Å²) in [4.78, 5) is 4.26. The third kappa shape index (κ3) is 1.72. The highest BCUT2D eigenvalue weighted by Crippen LogP contribution is 2.18. The van der Waals surface area contributed by atoms with Gasteiger partial charge < -0.3 is 4.57 Å². The Labute approximate surface area is 78.6 Å². The van der Waals surface area contributed by atoms with Crippen LogP contribution in [0.25, 0.3) is 11.3 Å². The first-order valence-corrected chi connectivity index (χ1v) is 4.45. The Morgan fingerprint density at radius 3 is 3.00 bits per heavy atom. The highest BCUT2D eigenvalue weighted by atomic mass is 14.9. The van der Waals surface area contributed by atoms with E-state index in [9.17, 15) is 0 Å². The van der Waals surface area contributed by atoms with E-state index in [0.717, 1.165) is 12.2 Å². The fourth-order valence-electron chi connectivity index (χ4n) is 1.45. The summed E-state index contributed by atoms with van der Waals surface area (Å²) in [5.74, 6) is 1.40. The Kier molecular flexibility index (Phi) is 2.05. The summed E-state index contributed by atoms with van der Waals surface area (Å²) in [6.45, 7) is 5.24. The molecule has 0 saturated carbocycles. The minimum absolute atomic E-state index is 0.975. The molecule has 0 bridgehead atoms. The molecule has 2 aliphatic rings. The molecule has 1 radical (unpaired) electrons. The third-order valence-corrected chi connectivity index (χ3v) is 2.00. The lowest BCUT2D eigenvalue weighted by atomic mass is 10.2. The molecule has 67 valence electrons. The van der Waals surface area contributed by atoms with Gasteiger partial charge in [-0.15, -0.1) is 0 Å². The van der Waals surface area contributed by atoms with Crippen molar-refractivity contribution in [2.75, 3.05) is 0 Å². The number of hydrogen-bond donors (Lipinski definition) is 0. The molecule has 0 spiro atoms. The largest absolute Gasteiger partial charge is 0.352 e. The van der Waals surface area contributed by atoms with E-state index >= 15 is 0 Å². The van der Waals surface area contributed by atoms with E-state index in [-0.39, 0.29) is 0 Å². The molecule has 2 heterocycles. The van der Waals surface area contributed by atoms with E-state index in [1.807, 2.05) is 12.3 Å². The first-order chi connectivity index (χ1) is 6.25. The summed E-state index contributed by atoms with van der Waals surface area (Å²) >= 11 is 0. The van der Waals surface area contributed by atoms with Gasteiger partial charge in [-0.3, -0.25) is 4.98 Å². The fourth-order valence-corrected chi connectivity index (χ4v) is 1.45. The number of rotatable bonds is 2. The Morgan fingerprint density at radius 2 is 2.23 bits per heavy atom. The zero-order valence-corrected chi connectivity index (χ0v) is 7.99. The number of pyridine rings is 1. The second-order valence-electron chi connectivity index (χ2n) is 3.61. The van der Waals surface area contributed by atoms with Crippen LogP contribution in [0, 0.1) is 5.92 Å². The van der Waals surface area contributed by atoms with Gasteiger partial charge in [0.15, 0.2) is 0 Å². The summed E-state index contributed by atoms with van der Waals surface area (Å²) < 4.78 is 2.16. The molecule has 0 unspecified atom stereocenters. The standard InChI is InChI=1S/C11H13N2/c1-9(2)7-13-6-4-10-3-5-12-11(10)8-13/h3-6,8H,7H2,1-2H3. The highest BCUT2D eigenvalue weighted by molar-refractivity contribution is 5.59. The average Bonchev–Trinajstić information content (AvgIpc) is 2.49. The smallest absolute Gasteiger partial charge is 0.0864 e. The Morgan fingerprint density at radius 1 is 1.38 bits per heavy atom. The van der Waals surface area contributed by atoms with E-state index in [1.165, 1.54) is 11.5 Å².